The molecule has 0 atom stereocenters. The number of aromatic hydroxyl groups is 1. The Hall–Kier alpha value is -4.07. The molecule has 4 rings (SSSR count). The van der Waals surface area contributed by atoms with E-state index in [1.165, 1.54) is 0 Å². The molecule has 2 N–H and O–H groups in total. The minimum Gasteiger partial charge on any atom is -0.505 e. The van der Waals surface area contributed by atoms with Gasteiger partial charge in [0.1, 0.15) is 11.5 Å². The first-order valence-electron chi connectivity index (χ1n) is 8.86. The summed E-state index contributed by atoms with van der Waals surface area (Å²) in [5.74, 6) is -0.166. The van der Waals surface area contributed by atoms with E-state index in [-0.39, 0.29) is 22.9 Å². The van der Waals surface area contributed by atoms with E-state index in [9.17, 15) is 9.90 Å². The van der Waals surface area contributed by atoms with Gasteiger partial charge in [-0.3, -0.25) is 4.79 Å². The molecule has 0 bridgehead atoms. The van der Waals surface area contributed by atoms with E-state index in [1.54, 1.807) is 43.5 Å². The van der Waals surface area contributed by atoms with Crippen molar-refractivity contribution in [1.82, 2.24) is 10.1 Å². The van der Waals surface area contributed by atoms with Crippen LogP contribution < -0.4 is 5.32 Å². The molecular formula is C21H17N5O3. The maximum absolute atomic E-state index is 12.8. The minimum atomic E-state index is -0.505. The monoisotopic (exact) mass is 387 g/mol. The molecule has 29 heavy (non-hydrogen) atoms. The molecule has 1 amide bonds. The number of nitrogens with zero attached hydrogens (tertiary/aromatic N) is 4. The molecule has 2 aromatic carbocycles. The van der Waals surface area contributed by atoms with Crippen molar-refractivity contribution in [2.75, 3.05) is 5.32 Å². The second-order valence-corrected chi connectivity index (χ2v) is 6.41. The zero-order valence-corrected chi connectivity index (χ0v) is 15.7. The number of nitrogens with one attached hydrogen (secondary N) is 1. The molecule has 0 fully saturated rings. The van der Waals surface area contributed by atoms with Crippen molar-refractivity contribution in [2.24, 2.45) is 10.2 Å². The van der Waals surface area contributed by atoms with Crippen molar-refractivity contribution in [3.63, 3.8) is 0 Å². The van der Waals surface area contributed by atoms with Crippen molar-refractivity contribution in [2.45, 2.75) is 13.8 Å². The second kappa shape index (κ2) is 7.51. The third-order valence-electron chi connectivity index (χ3n) is 4.52. The number of azo groups is 1. The van der Waals surface area contributed by atoms with Crippen molar-refractivity contribution >= 4 is 34.1 Å². The molecule has 8 nitrogen and oxygen atoms in total. The highest BCUT2D eigenvalue weighted by Crippen LogP contribution is 2.39. The number of aryl methyl sites for hydroxylation is 1. The maximum Gasteiger partial charge on any atom is 0.272 e. The molecule has 0 aliphatic heterocycles. The van der Waals surface area contributed by atoms with Crippen LogP contribution in [-0.2, 0) is 0 Å². The van der Waals surface area contributed by atoms with Crippen LogP contribution in [0, 0.1) is 13.8 Å². The fourth-order valence-electron chi connectivity index (χ4n) is 2.80. The highest BCUT2D eigenvalue weighted by atomic mass is 16.5. The second-order valence-electron chi connectivity index (χ2n) is 6.41. The first-order valence-corrected chi connectivity index (χ1v) is 8.86. The Morgan fingerprint density at radius 2 is 1.90 bits per heavy atom. The van der Waals surface area contributed by atoms with E-state index in [0.29, 0.717) is 16.9 Å². The highest BCUT2D eigenvalue weighted by Gasteiger charge is 2.19. The van der Waals surface area contributed by atoms with Crippen molar-refractivity contribution < 1.29 is 14.4 Å². The molecular weight excluding hydrogens is 370 g/mol. The van der Waals surface area contributed by atoms with Crippen LogP contribution >= 0.6 is 0 Å². The molecule has 0 aliphatic carbocycles. The molecule has 0 saturated heterocycles. The fraction of sp³-hybridized carbons (Fsp3) is 0.0952. The lowest BCUT2D eigenvalue weighted by Crippen LogP contribution is -2.13. The summed E-state index contributed by atoms with van der Waals surface area (Å²) < 4.78 is 5.15. The average molecular weight is 387 g/mol. The van der Waals surface area contributed by atoms with Gasteiger partial charge in [-0.25, -0.2) is 4.98 Å². The summed E-state index contributed by atoms with van der Waals surface area (Å²) in [6.07, 6.45) is 1.57. The predicted molar refractivity (Wildman–Crippen MR) is 108 cm³/mol. The Bertz CT molecular complexity index is 1230. The van der Waals surface area contributed by atoms with Crippen LogP contribution in [0.1, 0.15) is 21.6 Å². The lowest BCUT2D eigenvalue weighted by atomic mass is 10.0. The molecule has 144 valence electrons. The van der Waals surface area contributed by atoms with Gasteiger partial charge in [0, 0.05) is 17.1 Å². The van der Waals surface area contributed by atoms with Crippen molar-refractivity contribution in [3.8, 4) is 5.75 Å². The zero-order valence-electron chi connectivity index (χ0n) is 15.7. The van der Waals surface area contributed by atoms with E-state index in [1.807, 2.05) is 25.1 Å². The van der Waals surface area contributed by atoms with Gasteiger partial charge >= 0.3 is 0 Å². The lowest BCUT2D eigenvalue weighted by Gasteiger charge is -2.10. The molecule has 0 aliphatic rings. The molecule has 0 unspecified atom stereocenters. The van der Waals surface area contributed by atoms with Gasteiger partial charge in [-0.2, -0.15) is 0 Å². The number of fused-ring (bicyclic) bond motifs is 1. The number of benzene rings is 2. The molecule has 4 aromatic rings. The molecule has 2 heterocycles. The maximum atomic E-state index is 12.8. The van der Waals surface area contributed by atoms with Crippen molar-refractivity contribution in [3.05, 3.63) is 71.5 Å². The van der Waals surface area contributed by atoms with Gasteiger partial charge in [-0.05, 0) is 37.4 Å². The largest absolute Gasteiger partial charge is 0.505 e. The Balaban J connectivity index is 1.80. The smallest absolute Gasteiger partial charge is 0.272 e. The van der Waals surface area contributed by atoms with Crippen LogP contribution in [0.15, 0.2) is 69.5 Å². The Kier molecular flexibility index (Phi) is 4.74. The average Bonchev–Trinajstić information content (AvgIpc) is 3.05. The lowest BCUT2D eigenvalue weighted by molar-refractivity contribution is 0.102. The quantitative estimate of drug-likeness (QED) is 0.467. The van der Waals surface area contributed by atoms with Crippen LogP contribution in [0.3, 0.4) is 0 Å². The van der Waals surface area contributed by atoms with E-state index in [4.69, 9.17) is 4.52 Å². The normalized spacial score (nSPS) is 11.2. The summed E-state index contributed by atoms with van der Waals surface area (Å²) in [6.45, 7) is 3.61. The molecule has 8 heteroatoms. The first kappa shape index (κ1) is 18.3. The molecule has 0 radical (unpaired) electrons. The van der Waals surface area contributed by atoms with Crippen LogP contribution in [0.25, 0.3) is 10.8 Å². The van der Waals surface area contributed by atoms with Gasteiger partial charge in [0.2, 0.25) is 0 Å². The zero-order chi connectivity index (χ0) is 20.4. The number of pyridine rings is 1. The number of anilines is 1. The SMILES string of the molecule is Cc1noc(/N=N/c2c(O)c(C(=O)Nc3ccccn3)cc3ccccc23)c1C. The van der Waals surface area contributed by atoms with Crippen molar-refractivity contribution in [1.29, 1.82) is 0 Å². The fourth-order valence-corrected chi connectivity index (χ4v) is 2.80. The highest BCUT2D eigenvalue weighted by molar-refractivity contribution is 6.11. The van der Waals surface area contributed by atoms with Gasteiger partial charge in [-0.15, -0.1) is 10.2 Å². The summed E-state index contributed by atoms with van der Waals surface area (Å²) in [7, 11) is 0. The molecule has 0 spiro atoms. The first-order chi connectivity index (χ1) is 14.0. The third-order valence-corrected chi connectivity index (χ3v) is 4.52. The summed E-state index contributed by atoms with van der Waals surface area (Å²) in [5, 5.41) is 27.0. The van der Waals surface area contributed by atoms with Crippen LogP contribution in [-0.4, -0.2) is 21.2 Å². The van der Waals surface area contributed by atoms with Gasteiger partial charge in [-0.1, -0.05) is 35.5 Å². The standard InChI is InChI=1S/C21H17N5O3/c1-12-13(2)26-29-21(12)25-24-18-15-8-4-3-7-14(15)11-16(19(18)27)20(28)23-17-9-5-6-10-22-17/h3-11,27H,1-2H3,(H,22,23,28)/b25-24+. The topological polar surface area (TPSA) is 113 Å². The van der Waals surface area contributed by atoms with E-state index in [2.05, 4.69) is 25.7 Å². The number of hydrogen-bond acceptors (Lipinski definition) is 7. The summed E-state index contributed by atoms with van der Waals surface area (Å²) >= 11 is 0. The predicted octanol–water partition coefficient (Wildman–Crippen LogP) is 5.21. The van der Waals surface area contributed by atoms with Gasteiger partial charge in [0.15, 0.2) is 5.75 Å². The molecule has 2 aromatic heterocycles. The number of carbonyl (C=O) groups is 1. The van der Waals surface area contributed by atoms with E-state index < -0.39 is 5.91 Å². The Labute approximate surface area is 165 Å². The number of hydrogen-bond donors (Lipinski definition) is 2. The Morgan fingerprint density at radius 1 is 1.10 bits per heavy atom. The van der Waals surface area contributed by atoms with Crippen LogP contribution in [0.4, 0.5) is 17.4 Å². The Morgan fingerprint density at radius 3 is 2.62 bits per heavy atom. The summed E-state index contributed by atoms with van der Waals surface area (Å²) in [6, 6.07) is 14.0. The van der Waals surface area contributed by atoms with E-state index in [0.717, 1.165) is 10.9 Å². The number of phenols is 1. The van der Waals surface area contributed by atoms with Crippen LogP contribution in [0.2, 0.25) is 0 Å². The number of amides is 1. The number of carbonyl (C=O) groups excluding carboxylic acids is 1. The number of aromatic nitrogens is 2. The number of phenolic OH excluding ortho intramolecular Hbond substituents is 1. The van der Waals surface area contributed by atoms with Gasteiger partial charge in [0.05, 0.1) is 11.3 Å². The summed E-state index contributed by atoms with van der Waals surface area (Å²) in [5.41, 5.74) is 1.69. The van der Waals surface area contributed by atoms with Gasteiger partial charge in [0.25, 0.3) is 11.8 Å². The number of rotatable bonds is 4. The van der Waals surface area contributed by atoms with Gasteiger partial charge < -0.3 is 14.9 Å². The summed E-state index contributed by atoms with van der Waals surface area (Å²) in [4.78, 5) is 16.8. The molecule has 0 saturated carbocycles. The van der Waals surface area contributed by atoms with E-state index >= 15 is 0 Å². The van der Waals surface area contributed by atoms with Crippen LogP contribution in [0.5, 0.6) is 5.75 Å². The minimum absolute atomic E-state index is 0.0637. The third kappa shape index (κ3) is 3.55.